The normalized spacial score (nSPS) is 12.8. The van der Waals surface area contributed by atoms with Crippen molar-refractivity contribution in [3.63, 3.8) is 0 Å². The number of carbonyl (C=O) groups excluding carboxylic acids is 3. The Morgan fingerprint density at radius 2 is 1.62 bits per heavy atom. The lowest BCUT2D eigenvalue weighted by atomic mass is 10.1. The second kappa shape index (κ2) is 8.91. The third kappa shape index (κ3) is 4.22. The number of nitrogens with zero attached hydrogens (tertiary/aromatic N) is 1. The van der Waals surface area contributed by atoms with Gasteiger partial charge in [0.15, 0.2) is 0 Å². The summed E-state index contributed by atoms with van der Waals surface area (Å²) in [6.07, 6.45) is 4.46. The van der Waals surface area contributed by atoms with E-state index in [1.54, 1.807) is 84.9 Å². The highest BCUT2D eigenvalue weighted by atomic mass is 16.5. The van der Waals surface area contributed by atoms with E-state index in [0.717, 1.165) is 4.90 Å². The van der Waals surface area contributed by atoms with Crippen molar-refractivity contribution in [1.82, 2.24) is 0 Å². The Labute approximate surface area is 194 Å². The molecule has 1 aromatic heterocycles. The molecule has 0 spiro atoms. The molecule has 166 valence electrons. The molecule has 3 aromatic carbocycles. The lowest BCUT2D eigenvalue weighted by Crippen LogP contribution is -2.29. The summed E-state index contributed by atoms with van der Waals surface area (Å²) in [4.78, 5) is 39.0. The number of amides is 3. The van der Waals surface area contributed by atoms with Crippen LogP contribution >= 0.6 is 0 Å². The van der Waals surface area contributed by atoms with Crippen LogP contribution in [-0.4, -0.2) is 17.7 Å². The number of hydrogen-bond donors (Lipinski definition) is 1. The minimum absolute atomic E-state index is 0.277. The van der Waals surface area contributed by atoms with Crippen LogP contribution in [0.5, 0.6) is 11.5 Å². The average molecular weight is 450 g/mol. The van der Waals surface area contributed by atoms with Crippen molar-refractivity contribution in [2.45, 2.75) is 0 Å². The van der Waals surface area contributed by atoms with Crippen LogP contribution in [0.25, 0.3) is 6.08 Å². The molecule has 34 heavy (non-hydrogen) atoms. The fourth-order valence-electron chi connectivity index (χ4n) is 3.60. The summed E-state index contributed by atoms with van der Waals surface area (Å²) < 4.78 is 11.1. The molecule has 0 aliphatic carbocycles. The Kier molecular flexibility index (Phi) is 5.50. The van der Waals surface area contributed by atoms with Crippen LogP contribution in [0.2, 0.25) is 0 Å². The first-order valence-corrected chi connectivity index (χ1v) is 10.5. The van der Waals surface area contributed by atoms with Gasteiger partial charge in [-0.15, -0.1) is 0 Å². The van der Waals surface area contributed by atoms with E-state index in [1.165, 1.54) is 12.3 Å². The first-order chi connectivity index (χ1) is 16.6. The number of furan rings is 1. The first kappa shape index (κ1) is 21.0. The van der Waals surface area contributed by atoms with E-state index in [2.05, 4.69) is 5.32 Å². The molecule has 5 rings (SSSR count). The summed E-state index contributed by atoms with van der Waals surface area (Å²) in [5.74, 6) is 0.338. The smallest absolute Gasteiger partial charge is 0.266 e. The Bertz CT molecular complexity index is 1410. The maximum Gasteiger partial charge on any atom is 0.266 e. The number of anilines is 2. The van der Waals surface area contributed by atoms with Gasteiger partial charge in [0.2, 0.25) is 5.91 Å². The maximum atomic E-state index is 12.9. The molecule has 0 fully saturated rings. The molecule has 0 bridgehead atoms. The highest BCUT2D eigenvalue weighted by Gasteiger charge is 2.36. The molecule has 0 saturated heterocycles. The first-order valence-electron chi connectivity index (χ1n) is 10.5. The second-order valence-electron chi connectivity index (χ2n) is 7.46. The second-order valence-corrected chi connectivity index (χ2v) is 7.46. The molecule has 0 atom stereocenters. The molecule has 0 radical (unpaired) electrons. The molecule has 3 amide bonds. The summed E-state index contributed by atoms with van der Waals surface area (Å²) in [6, 6.07) is 23.9. The van der Waals surface area contributed by atoms with Gasteiger partial charge in [0, 0.05) is 17.8 Å². The number of benzene rings is 3. The van der Waals surface area contributed by atoms with Crippen LogP contribution < -0.4 is 15.0 Å². The number of ether oxygens (including phenoxy) is 1. The highest BCUT2D eigenvalue weighted by Crippen LogP contribution is 2.32. The average Bonchev–Trinajstić information content (AvgIpc) is 3.45. The Morgan fingerprint density at radius 1 is 0.824 bits per heavy atom. The lowest BCUT2D eigenvalue weighted by Gasteiger charge is -2.13. The fourth-order valence-corrected chi connectivity index (χ4v) is 3.60. The molecule has 7 heteroatoms. The quantitative estimate of drug-likeness (QED) is 0.308. The summed E-state index contributed by atoms with van der Waals surface area (Å²) in [6.45, 7) is 0. The van der Waals surface area contributed by atoms with Crippen molar-refractivity contribution >= 4 is 35.2 Å². The van der Waals surface area contributed by atoms with Crippen LogP contribution in [0.1, 0.15) is 26.5 Å². The molecule has 2 heterocycles. The van der Waals surface area contributed by atoms with Gasteiger partial charge in [-0.25, -0.2) is 4.90 Å². The van der Waals surface area contributed by atoms with Crippen molar-refractivity contribution in [2.24, 2.45) is 0 Å². The maximum absolute atomic E-state index is 12.9. The zero-order valence-electron chi connectivity index (χ0n) is 17.8. The molecular weight excluding hydrogens is 432 g/mol. The Morgan fingerprint density at radius 3 is 2.41 bits per heavy atom. The minimum atomic E-state index is -0.402. The monoisotopic (exact) mass is 450 g/mol. The zero-order chi connectivity index (χ0) is 23.5. The number of hydrogen-bond acceptors (Lipinski definition) is 5. The van der Waals surface area contributed by atoms with Gasteiger partial charge in [0.25, 0.3) is 11.8 Å². The Hall–Kier alpha value is -4.91. The zero-order valence-corrected chi connectivity index (χ0v) is 17.8. The SMILES string of the molecule is O=C(/C=C\c1ccco1)Nc1cccc(Oc2ccc3c(c2)C(=O)N(c2ccccc2)C3=O)c1. The predicted octanol–water partition coefficient (Wildman–Crippen LogP) is 5.52. The molecule has 1 N–H and O–H groups in total. The van der Waals surface area contributed by atoms with Crippen LogP contribution in [0, 0.1) is 0 Å². The van der Waals surface area contributed by atoms with Crippen LogP contribution in [-0.2, 0) is 4.79 Å². The number of rotatable bonds is 6. The van der Waals surface area contributed by atoms with Crippen molar-refractivity contribution < 1.29 is 23.5 Å². The summed E-state index contributed by atoms with van der Waals surface area (Å²) >= 11 is 0. The summed E-state index contributed by atoms with van der Waals surface area (Å²) in [5, 5.41) is 2.76. The van der Waals surface area contributed by atoms with E-state index >= 15 is 0 Å². The molecule has 7 nitrogen and oxygen atoms in total. The van der Waals surface area contributed by atoms with Crippen molar-refractivity contribution in [3.8, 4) is 11.5 Å². The summed E-state index contributed by atoms with van der Waals surface area (Å²) in [5.41, 5.74) is 1.65. The van der Waals surface area contributed by atoms with E-state index in [-0.39, 0.29) is 17.4 Å². The van der Waals surface area contributed by atoms with Gasteiger partial charge >= 0.3 is 0 Å². The van der Waals surface area contributed by atoms with Crippen molar-refractivity contribution in [2.75, 3.05) is 10.2 Å². The highest BCUT2D eigenvalue weighted by molar-refractivity contribution is 6.34. The number of nitrogens with one attached hydrogen (secondary N) is 1. The van der Waals surface area contributed by atoms with Gasteiger partial charge in [-0.05, 0) is 60.7 Å². The molecule has 0 saturated carbocycles. The van der Waals surface area contributed by atoms with Gasteiger partial charge in [0.1, 0.15) is 17.3 Å². The summed E-state index contributed by atoms with van der Waals surface area (Å²) in [7, 11) is 0. The van der Waals surface area contributed by atoms with Crippen LogP contribution in [0.15, 0.2) is 102 Å². The van der Waals surface area contributed by atoms with Crippen LogP contribution in [0.3, 0.4) is 0 Å². The minimum Gasteiger partial charge on any atom is -0.465 e. The predicted molar refractivity (Wildman–Crippen MR) is 127 cm³/mol. The fraction of sp³-hybridized carbons (Fsp3) is 0. The number of para-hydroxylation sites is 1. The molecule has 0 unspecified atom stereocenters. The number of carbonyl (C=O) groups is 3. The topological polar surface area (TPSA) is 88.8 Å². The van der Waals surface area contributed by atoms with Crippen LogP contribution in [0.4, 0.5) is 11.4 Å². The van der Waals surface area contributed by atoms with E-state index in [1.807, 2.05) is 6.07 Å². The lowest BCUT2D eigenvalue weighted by molar-refractivity contribution is -0.111. The van der Waals surface area contributed by atoms with E-state index in [9.17, 15) is 14.4 Å². The van der Waals surface area contributed by atoms with E-state index in [0.29, 0.717) is 34.2 Å². The molecule has 1 aliphatic rings. The standard InChI is InChI=1S/C27H18N2O5/c30-25(14-12-20-10-5-15-33-20)28-18-6-4-9-21(16-18)34-22-11-13-23-24(17-22)27(32)29(26(23)31)19-7-2-1-3-8-19/h1-17H,(H,28,30)/b14-12-. The van der Waals surface area contributed by atoms with Crippen molar-refractivity contribution in [1.29, 1.82) is 0 Å². The third-order valence-electron chi connectivity index (χ3n) is 5.15. The molecule has 1 aliphatic heterocycles. The molecule has 4 aromatic rings. The number of imide groups is 1. The number of fused-ring (bicyclic) bond motifs is 1. The van der Waals surface area contributed by atoms with Crippen molar-refractivity contribution in [3.05, 3.63) is 114 Å². The molecular formula is C27H18N2O5. The van der Waals surface area contributed by atoms with Gasteiger partial charge in [-0.2, -0.15) is 0 Å². The van der Waals surface area contributed by atoms with Gasteiger partial charge < -0.3 is 14.5 Å². The Balaban J connectivity index is 1.31. The van der Waals surface area contributed by atoms with Gasteiger partial charge in [0.05, 0.1) is 23.1 Å². The van der Waals surface area contributed by atoms with Gasteiger partial charge in [-0.1, -0.05) is 24.3 Å². The third-order valence-corrected chi connectivity index (χ3v) is 5.15. The van der Waals surface area contributed by atoms with E-state index in [4.69, 9.17) is 9.15 Å². The van der Waals surface area contributed by atoms with Gasteiger partial charge in [-0.3, -0.25) is 14.4 Å². The largest absolute Gasteiger partial charge is 0.465 e. The van der Waals surface area contributed by atoms with E-state index < -0.39 is 5.91 Å².